The average Bonchev–Trinajstić information content (AvgIpc) is 3.26. The number of rotatable bonds is 5. The third-order valence-electron chi connectivity index (χ3n) is 5.92. The van der Waals surface area contributed by atoms with Crippen LogP contribution in [-0.2, 0) is 16.1 Å². The maximum atomic E-state index is 13.4. The summed E-state index contributed by atoms with van der Waals surface area (Å²) in [5.41, 5.74) is 4.29. The molecule has 2 aromatic heterocycles. The molecule has 1 aromatic carbocycles. The zero-order valence-electron chi connectivity index (χ0n) is 17.8. The number of benzene rings is 1. The molecule has 0 aliphatic carbocycles. The maximum Gasteiger partial charge on any atom is 0.309 e. The summed E-state index contributed by atoms with van der Waals surface area (Å²) in [5.74, 6) is -0.186. The van der Waals surface area contributed by atoms with Crippen LogP contribution in [0.15, 0.2) is 36.4 Å². The molecular weight excluding hydrogens is 396 g/mol. The first-order valence-electron chi connectivity index (χ1n) is 10.6. The minimum absolute atomic E-state index is 0.0481. The molecule has 5 nitrogen and oxygen atoms in total. The summed E-state index contributed by atoms with van der Waals surface area (Å²) >= 11 is 1.72. The Bertz CT molecular complexity index is 1070. The molecule has 0 atom stereocenters. The number of thiophene rings is 1. The second-order valence-electron chi connectivity index (χ2n) is 7.97. The van der Waals surface area contributed by atoms with E-state index in [1.807, 2.05) is 30.0 Å². The van der Waals surface area contributed by atoms with E-state index in [0.717, 1.165) is 15.9 Å². The van der Waals surface area contributed by atoms with Crippen molar-refractivity contribution in [3.63, 3.8) is 0 Å². The van der Waals surface area contributed by atoms with Gasteiger partial charge in [0, 0.05) is 24.5 Å². The number of aryl methyl sites for hydroxylation is 2. The molecule has 0 N–H and O–H groups in total. The lowest BCUT2D eigenvalue weighted by Gasteiger charge is -2.31. The van der Waals surface area contributed by atoms with Crippen LogP contribution in [0.5, 0.6) is 0 Å². The number of carbonyl (C=O) groups is 2. The average molecular weight is 425 g/mol. The van der Waals surface area contributed by atoms with E-state index in [1.54, 1.807) is 11.3 Å². The lowest BCUT2D eigenvalue weighted by atomic mass is 9.97. The largest absolute Gasteiger partial charge is 0.466 e. The van der Waals surface area contributed by atoms with Gasteiger partial charge in [-0.15, -0.1) is 11.3 Å². The van der Waals surface area contributed by atoms with Gasteiger partial charge in [-0.2, -0.15) is 0 Å². The number of amides is 1. The van der Waals surface area contributed by atoms with Crippen molar-refractivity contribution in [2.45, 2.75) is 40.2 Å². The fraction of sp³-hybridized carbons (Fsp3) is 0.417. The molecule has 6 heteroatoms. The number of ether oxygens (including phenoxy) is 1. The van der Waals surface area contributed by atoms with Crippen LogP contribution in [0.25, 0.3) is 10.2 Å². The standard InChI is InChI=1S/C24H28N2O3S/c1-4-29-24(28)18-9-11-25(12-10-18)23(27)21-14-22-20(13-17(3)30-22)26(21)15-19-8-6-5-7-16(19)2/h5-8,13-14,18H,4,9-12,15H2,1-3H3. The van der Waals surface area contributed by atoms with Gasteiger partial charge in [-0.25, -0.2) is 0 Å². The number of carbonyl (C=O) groups excluding carboxylic acids is 2. The number of hydrogen-bond donors (Lipinski definition) is 0. The minimum Gasteiger partial charge on any atom is -0.466 e. The summed E-state index contributed by atoms with van der Waals surface area (Å²) in [5, 5.41) is 0. The first kappa shape index (κ1) is 20.7. The van der Waals surface area contributed by atoms with E-state index in [1.165, 1.54) is 16.0 Å². The molecule has 4 rings (SSSR count). The van der Waals surface area contributed by atoms with Crippen molar-refractivity contribution in [3.05, 3.63) is 58.1 Å². The summed E-state index contributed by atoms with van der Waals surface area (Å²) in [6.45, 7) is 8.29. The normalized spacial score (nSPS) is 15.0. The first-order valence-corrected chi connectivity index (χ1v) is 11.4. The van der Waals surface area contributed by atoms with Crippen LogP contribution in [0, 0.1) is 19.8 Å². The van der Waals surface area contributed by atoms with E-state index in [2.05, 4.69) is 36.6 Å². The molecule has 1 saturated heterocycles. The van der Waals surface area contributed by atoms with Gasteiger partial charge in [-0.1, -0.05) is 24.3 Å². The molecule has 3 heterocycles. The Labute approximate surface area is 181 Å². The summed E-state index contributed by atoms with van der Waals surface area (Å²) in [4.78, 5) is 28.6. The summed E-state index contributed by atoms with van der Waals surface area (Å²) in [7, 11) is 0. The van der Waals surface area contributed by atoms with Crippen molar-refractivity contribution in [2.75, 3.05) is 19.7 Å². The topological polar surface area (TPSA) is 51.5 Å². The number of likely N-dealkylation sites (tertiary alicyclic amines) is 1. The second kappa shape index (κ2) is 8.64. The number of fused-ring (bicyclic) bond motifs is 1. The quantitative estimate of drug-likeness (QED) is 0.554. The molecular formula is C24H28N2O3S. The van der Waals surface area contributed by atoms with E-state index in [0.29, 0.717) is 39.1 Å². The van der Waals surface area contributed by atoms with Crippen LogP contribution in [0.1, 0.15) is 46.3 Å². The van der Waals surface area contributed by atoms with Gasteiger partial charge >= 0.3 is 5.97 Å². The number of piperidine rings is 1. The van der Waals surface area contributed by atoms with Crippen LogP contribution in [0.3, 0.4) is 0 Å². The highest BCUT2D eigenvalue weighted by Gasteiger charge is 2.30. The van der Waals surface area contributed by atoms with E-state index in [4.69, 9.17) is 4.74 Å². The van der Waals surface area contributed by atoms with Crippen LogP contribution < -0.4 is 0 Å². The Kier molecular flexibility index (Phi) is 5.95. The predicted octanol–water partition coefficient (Wildman–Crippen LogP) is 4.78. The van der Waals surface area contributed by atoms with E-state index in [9.17, 15) is 9.59 Å². The van der Waals surface area contributed by atoms with Crippen LogP contribution in [0.2, 0.25) is 0 Å². The summed E-state index contributed by atoms with van der Waals surface area (Å²) < 4.78 is 8.45. The molecule has 1 fully saturated rings. The molecule has 3 aromatic rings. The SMILES string of the molecule is CCOC(=O)C1CCN(C(=O)c2cc3sc(C)cc3n2Cc2ccccc2C)CC1. The van der Waals surface area contributed by atoms with Crippen LogP contribution in [-0.4, -0.2) is 41.0 Å². The third-order valence-corrected chi connectivity index (χ3v) is 6.91. The Morgan fingerprint density at radius 1 is 1.13 bits per heavy atom. The van der Waals surface area contributed by atoms with Crippen molar-refractivity contribution in [2.24, 2.45) is 5.92 Å². The van der Waals surface area contributed by atoms with Crippen molar-refractivity contribution < 1.29 is 14.3 Å². The lowest BCUT2D eigenvalue weighted by molar-refractivity contribution is -0.149. The maximum absolute atomic E-state index is 13.4. The van der Waals surface area contributed by atoms with E-state index < -0.39 is 0 Å². The Balaban J connectivity index is 1.59. The highest BCUT2D eigenvalue weighted by atomic mass is 32.1. The van der Waals surface area contributed by atoms with E-state index >= 15 is 0 Å². The summed E-state index contributed by atoms with van der Waals surface area (Å²) in [6.07, 6.45) is 1.33. The molecule has 0 bridgehead atoms. The number of esters is 1. The van der Waals surface area contributed by atoms with Crippen molar-refractivity contribution >= 4 is 33.4 Å². The number of hydrogen-bond acceptors (Lipinski definition) is 4. The fourth-order valence-electron chi connectivity index (χ4n) is 4.21. The summed E-state index contributed by atoms with van der Waals surface area (Å²) in [6, 6.07) is 12.5. The lowest BCUT2D eigenvalue weighted by Crippen LogP contribution is -2.41. The van der Waals surface area contributed by atoms with Gasteiger partial charge in [0.15, 0.2) is 0 Å². The minimum atomic E-state index is -0.136. The smallest absolute Gasteiger partial charge is 0.309 e. The Morgan fingerprint density at radius 2 is 1.87 bits per heavy atom. The van der Waals surface area contributed by atoms with E-state index in [-0.39, 0.29) is 17.8 Å². The Hall–Kier alpha value is -2.60. The van der Waals surface area contributed by atoms with Crippen molar-refractivity contribution in [1.82, 2.24) is 9.47 Å². The van der Waals surface area contributed by atoms with Crippen molar-refractivity contribution in [3.8, 4) is 0 Å². The van der Waals surface area contributed by atoms with Gasteiger partial charge in [0.05, 0.1) is 22.7 Å². The molecule has 1 amide bonds. The predicted molar refractivity (Wildman–Crippen MR) is 120 cm³/mol. The van der Waals surface area contributed by atoms with Gasteiger partial charge in [0.25, 0.3) is 5.91 Å². The number of aromatic nitrogens is 1. The fourth-order valence-corrected chi connectivity index (χ4v) is 5.17. The van der Waals surface area contributed by atoms with Crippen LogP contribution >= 0.6 is 11.3 Å². The van der Waals surface area contributed by atoms with Crippen molar-refractivity contribution in [1.29, 1.82) is 0 Å². The zero-order valence-corrected chi connectivity index (χ0v) is 18.6. The molecule has 0 saturated carbocycles. The first-order chi connectivity index (χ1) is 14.5. The number of nitrogens with zero attached hydrogens (tertiary/aromatic N) is 2. The second-order valence-corrected chi connectivity index (χ2v) is 9.26. The highest BCUT2D eigenvalue weighted by Crippen LogP contribution is 2.31. The molecule has 0 unspecified atom stereocenters. The highest BCUT2D eigenvalue weighted by molar-refractivity contribution is 7.19. The van der Waals surface area contributed by atoms with Gasteiger partial charge in [-0.3, -0.25) is 9.59 Å². The monoisotopic (exact) mass is 424 g/mol. The molecule has 0 radical (unpaired) electrons. The zero-order chi connectivity index (χ0) is 21.3. The van der Waals surface area contributed by atoms with Gasteiger partial charge < -0.3 is 14.2 Å². The van der Waals surface area contributed by atoms with Crippen LogP contribution in [0.4, 0.5) is 0 Å². The molecule has 1 aliphatic rings. The molecule has 30 heavy (non-hydrogen) atoms. The Morgan fingerprint density at radius 3 is 2.57 bits per heavy atom. The molecule has 158 valence electrons. The van der Waals surface area contributed by atoms with Gasteiger partial charge in [0.2, 0.25) is 0 Å². The van der Waals surface area contributed by atoms with Gasteiger partial charge in [-0.05, 0) is 56.9 Å². The molecule has 0 spiro atoms. The van der Waals surface area contributed by atoms with Gasteiger partial charge in [0.1, 0.15) is 5.69 Å². The third kappa shape index (κ3) is 4.01. The molecule has 1 aliphatic heterocycles.